The predicted molar refractivity (Wildman–Crippen MR) is 78.5 cm³/mol. The van der Waals surface area contributed by atoms with Gasteiger partial charge in [-0.25, -0.2) is 8.42 Å². The Hall–Kier alpha value is -2.08. The summed E-state index contributed by atoms with van der Waals surface area (Å²) >= 11 is 0. The normalized spacial score (nSPS) is 11.2. The fraction of sp³-hybridized carbons (Fsp3) is 0.267. The highest BCUT2D eigenvalue weighted by molar-refractivity contribution is 7.91. The number of carbonyl (C=O) groups excluding carboxylic acids is 1. The van der Waals surface area contributed by atoms with Crippen LogP contribution in [0, 0.1) is 0 Å². The zero-order chi connectivity index (χ0) is 15.1. The molecule has 0 aliphatic carbocycles. The summed E-state index contributed by atoms with van der Waals surface area (Å²) in [6.07, 6.45) is 3.81. The third kappa shape index (κ3) is 4.75. The van der Waals surface area contributed by atoms with Crippen molar-refractivity contribution < 1.29 is 17.6 Å². The number of furan rings is 1. The van der Waals surface area contributed by atoms with Crippen LogP contribution in [0.2, 0.25) is 0 Å². The quantitative estimate of drug-likeness (QED) is 0.846. The molecule has 0 bridgehead atoms. The minimum absolute atomic E-state index is 0.0391. The highest BCUT2D eigenvalue weighted by Gasteiger charge is 2.15. The summed E-state index contributed by atoms with van der Waals surface area (Å²) in [7, 11) is -3.40. The van der Waals surface area contributed by atoms with Gasteiger partial charge in [0, 0.05) is 13.0 Å². The first kappa shape index (κ1) is 15.3. The lowest BCUT2D eigenvalue weighted by atomic mass is 10.2. The molecule has 21 heavy (non-hydrogen) atoms. The molecular formula is C15H17NO4S. The lowest BCUT2D eigenvalue weighted by Gasteiger charge is -2.05. The molecule has 0 saturated carbocycles. The lowest BCUT2D eigenvalue weighted by Crippen LogP contribution is -2.27. The third-order valence-corrected chi connectivity index (χ3v) is 4.75. The summed E-state index contributed by atoms with van der Waals surface area (Å²) in [6.45, 7) is 0.462. The van der Waals surface area contributed by atoms with Crippen molar-refractivity contribution in [1.29, 1.82) is 0 Å². The van der Waals surface area contributed by atoms with Gasteiger partial charge in [-0.2, -0.15) is 0 Å². The summed E-state index contributed by atoms with van der Waals surface area (Å²) in [5.41, 5.74) is 0.993. The minimum atomic E-state index is -3.40. The molecule has 2 rings (SSSR count). The highest BCUT2D eigenvalue weighted by Crippen LogP contribution is 2.10. The van der Waals surface area contributed by atoms with E-state index in [0.717, 1.165) is 5.56 Å². The maximum absolute atomic E-state index is 12.0. The van der Waals surface area contributed by atoms with Crippen LogP contribution in [-0.4, -0.2) is 26.6 Å². The fourth-order valence-electron chi connectivity index (χ4n) is 1.84. The molecular weight excluding hydrogens is 290 g/mol. The van der Waals surface area contributed by atoms with Crippen LogP contribution in [0.3, 0.4) is 0 Å². The van der Waals surface area contributed by atoms with E-state index < -0.39 is 9.84 Å². The van der Waals surface area contributed by atoms with Gasteiger partial charge < -0.3 is 9.73 Å². The van der Waals surface area contributed by atoms with Gasteiger partial charge in [0.15, 0.2) is 9.84 Å². The fourth-order valence-corrected chi connectivity index (χ4v) is 3.10. The number of carbonyl (C=O) groups is 1. The number of rotatable bonds is 7. The van der Waals surface area contributed by atoms with Gasteiger partial charge in [-0.1, -0.05) is 18.2 Å². The molecule has 0 atom stereocenters. The monoisotopic (exact) mass is 307 g/mol. The largest absolute Gasteiger partial charge is 0.472 e. The predicted octanol–water partition coefficient (Wildman–Crippen LogP) is 1.80. The molecule has 0 radical (unpaired) electrons. The van der Waals surface area contributed by atoms with Crippen molar-refractivity contribution in [2.24, 2.45) is 0 Å². The van der Waals surface area contributed by atoms with Crippen molar-refractivity contribution in [3.63, 3.8) is 0 Å². The Bertz CT molecular complexity index is 663. The first-order valence-electron chi connectivity index (χ1n) is 6.63. The number of benzene rings is 1. The summed E-state index contributed by atoms with van der Waals surface area (Å²) < 4.78 is 28.9. The van der Waals surface area contributed by atoms with E-state index in [1.54, 1.807) is 30.7 Å². The Balaban J connectivity index is 1.76. The summed E-state index contributed by atoms with van der Waals surface area (Å²) in [5, 5.41) is 2.70. The Morgan fingerprint density at radius 3 is 2.57 bits per heavy atom. The molecule has 112 valence electrons. The van der Waals surface area contributed by atoms with Crippen molar-refractivity contribution in [3.05, 3.63) is 54.5 Å². The summed E-state index contributed by atoms with van der Waals surface area (Å²) in [4.78, 5) is 11.9. The molecule has 1 N–H and O–H groups in total. The van der Waals surface area contributed by atoms with Crippen molar-refractivity contribution in [2.75, 3.05) is 12.3 Å². The van der Waals surface area contributed by atoms with Crippen LogP contribution in [0.25, 0.3) is 0 Å². The van der Waals surface area contributed by atoms with Crippen LogP contribution >= 0.6 is 0 Å². The summed E-state index contributed by atoms with van der Waals surface area (Å²) in [5.74, 6) is -0.452. The van der Waals surface area contributed by atoms with Crippen molar-refractivity contribution in [1.82, 2.24) is 5.32 Å². The van der Waals surface area contributed by atoms with E-state index in [9.17, 15) is 13.2 Å². The Morgan fingerprint density at radius 2 is 1.90 bits per heavy atom. The Kier molecular flexibility index (Phi) is 5.16. The molecule has 0 fully saturated rings. The van der Waals surface area contributed by atoms with E-state index in [1.807, 2.05) is 6.07 Å². The van der Waals surface area contributed by atoms with Gasteiger partial charge in [-0.05, 0) is 30.2 Å². The van der Waals surface area contributed by atoms with Crippen molar-refractivity contribution in [2.45, 2.75) is 17.7 Å². The van der Waals surface area contributed by atoms with E-state index >= 15 is 0 Å². The molecule has 6 heteroatoms. The van der Waals surface area contributed by atoms with E-state index in [2.05, 4.69) is 5.32 Å². The zero-order valence-electron chi connectivity index (χ0n) is 11.5. The second-order valence-corrected chi connectivity index (χ2v) is 6.72. The number of sulfone groups is 1. The van der Waals surface area contributed by atoms with Crippen molar-refractivity contribution >= 4 is 15.7 Å². The van der Waals surface area contributed by atoms with Crippen LogP contribution in [0.15, 0.2) is 58.2 Å². The summed E-state index contributed by atoms with van der Waals surface area (Å²) in [6, 6.07) is 9.97. The lowest BCUT2D eigenvalue weighted by molar-refractivity contribution is -0.120. The van der Waals surface area contributed by atoms with Gasteiger partial charge in [0.05, 0.1) is 23.2 Å². The van der Waals surface area contributed by atoms with E-state index in [4.69, 9.17) is 4.42 Å². The second kappa shape index (κ2) is 7.08. The zero-order valence-corrected chi connectivity index (χ0v) is 12.3. The van der Waals surface area contributed by atoms with Gasteiger partial charge in [-0.15, -0.1) is 0 Å². The van der Waals surface area contributed by atoms with Gasteiger partial charge in [0.2, 0.25) is 5.91 Å². The molecule has 2 aromatic rings. The maximum Gasteiger partial charge on any atom is 0.221 e. The molecule has 0 unspecified atom stereocenters. The molecule has 0 aliphatic rings. The molecule has 0 aliphatic heterocycles. The maximum atomic E-state index is 12.0. The van der Waals surface area contributed by atoms with Crippen LogP contribution in [-0.2, 0) is 21.1 Å². The average Bonchev–Trinajstić information content (AvgIpc) is 2.99. The standard InChI is InChI=1S/C15H17NO4S/c17-15(16-9-6-13-7-10-20-12-13)8-11-21(18,19)14-4-2-1-3-5-14/h1-5,7,10,12H,6,8-9,11H2,(H,16,17). The van der Waals surface area contributed by atoms with Crippen LogP contribution in [0.4, 0.5) is 0 Å². The SMILES string of the molecule is O=C(CCS(=O)(=O)c1ccccc1)NCCc1ccoc1. The number of hydrogen-bond acceptors (Lipinski definition) is 4. The third-order valence-electron chi connectivity index (χ3n) is 3.02. The smallest absolute Gasteiger partial charge is 0.221 e. The topological polar surface area (TPSA) is 76.4 Å². The van der Waals surface area contributed by atoms with Crippen LogP contribution < -0.4 is 5.32 Å². The second-order valence-electron chi connectivity index (χ2n) is 4.61. The first-order valence-corrected chi connectivity index (χ1v) is 8.29. The minimum Gasteiger partial charge on any atom is -0.472 e. The first-order chi connectivity index (χ1) is 10.1. The van der Waals surface area contributed by atoms with E-state index in [-0.39, 0.29) is 23.0 Å². The molecule has 1 amide bonds. The molecule has 1 aromatic carbocycles. The van der Waals surface area contributed by atoms with Crippen LogP contribution in [0.5, 0.6) is 0 Å². The molecule has 5 nitrogen and oxygen atoms in total. The van der Waals surface area contributed by atoms with Gasteiger partial charge in [0.25, 0.3) is 0 Å². The number of nitrogens with one attached hydrogen (secondary N) is 1. The van der Waals surface area contributed by atoms with Crippen LogP contribution in [0.1, 0.15) is 12.0 Å². The molecule has 1 heterocycles. The number of amides is 1. The van der Waals surface area contributed by atoms with Gasteiger partial charge in [0.1, 0.15) is 0 Å². The van der Waals surface area contributed by atoms with Crippen molar-refractivity contribution in [3.8, 4) is 0 Å². The Labute approximate surface area is 123 Å². The van der Waals surface area contributed by atoms with E-state index in [0.29, 0.717) is 13.0 Å². The van der Waals surface area contributed by atoms with Gasteiger partial charge >= 0.3 is 0 Å². The number of hydrogen-bond donors (Lipinski definition) is 1. The molecule has 1 aromatic heterocycles. The molecule has 0 saturated heterocycles. The average molecular weight is 307 g/mol. The Morgan fingerprint density at radius 1 is 1.14 bits per heavy atom. The highest BCUT2D eigenvalue weighted by atomic mass is 32.2. The van der Waals surface area contributed by atoms with E-state index in [1.165, 1.54) is 12.1 Å². The van der Waals surface area contributed by atoms with Gasteiger partial charge in [-0.3, -0.25) is 4.79 Å². The molecule has 0 spiro atoms.